The van der Waals surface area contributed by atoms with E-state index in [1.165, 1.54) is 4.57 Å². The van der Waals surface area contributed by atoms with E-state index in [1.807, 2.05) is 62.4 Å². The molecule has 0 fully saturated rings. The highest BCUT2D eigenvalue weighted by Gasteiger charge is 2.15. The molecule has 0 bridgehead atoms. The van der Waals surface area contributed by atoms with Gasteiger partial charge in [0, 0.05) is 17.5 Å². The van der Waals surface area contributed by atoms with Gasteiger partial charge in [0.1, 0.15) is 0 Å². The van der Waals surface area contributed by atoms with Crippen molar-refractivity contribution >= 4 is 11.6 Å². The van der Waals surface area contributed by atoms with Gasteiger partial charge in [0.2, 0.25) is 0 Å². The van der Waals surface area contributed by atoms with Gasteiger partial charge in [-0.1, -0.05) is 42.5 Å². The molecule has 0 aliphatic rings. The van der Waals surface area contributed by atoms with Crippen molar-refractivity contribution in [3.63, 3.8) is 0 Å². The van der Waals surface area contributed by atoms with Crippen molar-refractivity contribution in [3.8, 4) is 16.9 Å². The Morgan fingerprint density at radius 2 is 1.69 bits per heavy atom. The van der Waals surface area contributed by atoms with Crippen molar-refractivity contribution < 1.29 is 4.79 Å². The molecule has 6 heteroatoms. The van der Waals surface area contributed by atoms with Crippen LogP contribution in [0.5, 0.6) is 0 Å². The zero-order chi connectivity index (χ0) is 20.4. The van der Waals surface area contributed by atoms with Crippen molar-refractivity contribution in [1.29, 1.82) is 0 Å². The van der Waals surface area contributed by atoms with E-state index in [4.69, 9.17) is 0 Å². The molecule has 0 atom stereocenters. The van der Waals surface area contributed by atoms with E-state index in [2.05, 4.69) is 15.3 Å². The summed E-state index contributed by atoms with van der Waals surface area (Å²) < 4.78 is 1.53. The van der Waals surface area contributed by atoms with Gasteiger partial charge in [-0.3, -0.25) is 14.3 Å². The summed E-state index contributed by atoms with van der Waals surface area (Å²) in [5, 5.41) is 2.92. The standard InChI is InChI=1S/C23H20N4O2/c1-15-14-24-23(29)27(15)21-11-7-6-10-20(21)26-22(28)18-12-13-19(25-16(18)2)17-8-4-3-5-9-17/h3-14H,1-2H3,(H,24,29)(H,26,28). The van der Waals surface area contributed by atoms with Crippen molar-refractivity contribution in [3.05, 3.63) is 100 Å². The monoisotopic (exact) mass is 384 g/mol. The highest BCUT2D eigenvalue weighted by atomic mass is 16.2. The van der Waals surface area contributed by atoms with Crippen LogP contribution >= 0.6 is 0 Å². The third-order valence-electron chi connectivity index (χ3n) is 4.75. The topological polar surface area (TPSA) is 79.8 Å². The van der Waals surface area contributed by atoms with Gasteiger partial charge in [0.15, 0.2) is 0 Å². The molecule has 0 aliphatic heterocycles. The lowest BCUT2D eigenvalue weighted by Gasteiger charge is -2.13. The molecule has 6 nitrogen and oxygen atoms in total. The number of amides is 1. The van der Waals surface area contributed by atoms with Gasteiger partial charge in [-0.15, -0.1) is 0 Å². The summed E-state index contributed by atoms with van der Waals surface area (Å²) in [6.45, 7) is 3.64. The fourth-order valence-corrected chi connectivity index (χ4v) is 3.29. The van der Waals surface area contributed by atoms with Crippen LogP contribution < -0.4 is 11.0 Å². The molecule has 2 heterocycles. The van der Waals surface area contributed by atoms with Crippen LogP contribution in [0.15, 0.2) is 77.7 Å². The number of aromatic nitrogens is 3. The molecule has 0 spiro atoms. The summed E-state index contributed by atoms with van der Waals surface area (Å²) in [7, 11) is 0. The Morgan fingerprint density at radius 1 is 0.966 bits per heavy atom. The molecule has 29 heavy (non-hydrogen) atoms. The minimum Gasteiger partial charge on any atom is -0.320 e. The second-order valence-electron chi connectivity index (χ2n) is 6.74. The van der Waals surface area contributed by atoms with Crippen molar-refractivity contribution in [2.45, 2.75) is 13.8 Å². The number of aromatic amines is 1. The number of nitrogens with zero attached hydrogens (tertiary/aromatic N) is 2. The molecule has 1 amide bonds. The number of carbonyl (C=O) groups excluding carboxylic acids is 1. The van der Waals surface area contributed by atoms with E-state index in [0.717, 1.165) is 17.0 Å². The maximum absolute atomic E-state index is 12.9. The number of nitrogens with one attached hydrogen (secondary N) is 2. The minimum absolute atomic E-state index is 0.255. The molecule has 0 aliphatic carbocycles. The number of imidazole rings is 1. The molecule has 2 aromatic carbocycles. The van der Waals surface area contributed by atoms with E-state index < -0.39 is 0 Å². The number of H-pyrrole nitrogens is 1. The maximum Gasteiger partial charge on any atom is 0.330 e. The zero-order valence-corrected chi connectivity index (χ0v) is 16.1. The van der Waals surface area contributed by atoms with Gasteiger partial charge in [0.25, 0.3) is 5.91 Å². The van der Waals surface area contributed by atoms with Gasteiger partial charge in [0.05, 0.1) is 28.3 Å². The van der Waals surface area contributed by atoms with Gasteiger partial charge in [-0.2, -0.15) is 0 Å². The number of hydrogen-bond donors (Lipinski definition) is 2. The zero-order valence-electron chi connectivity index (χ0n) is 16.1. The predicted octanol–water partition coefficient (Wildman–Crippen LogP) is 4.10. The van der Waals surface area contributed by atoms with Crippen LogP contribution in [-0.2, 0) is 0 Å². The smallest absolute Gasteiger partial charge is 0.320 e. The fourth-order valence-electron chi connectivity index (χ4n) is 3.29. The first-order valence-corrected chi connectivity index (χ1v) is 9.25. The third-order valence-corrected chi connectivity index (χ3v) is 4.75. The normalized spacial score (nSPS) is 10.7. The largest absolute Gasteiger partial charge is 0.330 e. The summed E-state index contributed by atoms with van der Waals surface area (Å²) >= 11 is 0. The Labute approximate surface area is 167 Å². The van der Waals surface area contributed by atoms with Crippen LogP contribution in [-0.4, -0.2) is 20.4 Å². The summed E-state index contributed by atoms with van der Waals surface area (Å²) in [6.07, 6.45) is 1.64. The summed E-state index contributed by atoms with van der Waals surface area (Å²) in [5.41, 5.74) is 4.58. The predicted molar refractivity (Wildman–Crippen MR) is 113 cm³/mol. The minimum atomic E-state index is -0.275. The molecule has 144 valence electrons. The SMILES string of the molecule is Cc1nc(-c2ccccc2)ccc1C(=O)Nc1ccccc1-n1c(C)c[nH]c1=O. The van der Waals surface area contributed by atoms with E-state index in [-0.39, 0.29) is 11.6 Å². The maximum atomic E-state index is 12.9. The number of pyridine rings is 1. The molecule has 0 unspecified atom stereocenters. The lowest BCUT2D eigenvalue weighted by Crippen LogP contribution is -2.20. The van der Waals surface area contributed by atoms with E-state index >= 15 is 0 Å². The lowest BCUT2D eigenvalue weighted by atomic mass is 10.1. The van der Waals surface area contributed by atoms with Crippen LogP contribution in [0.4, 0.5) is 5.69 Å². The quantitative estimate of drug-likeness (QED) is 0.556. The Bertz CT molecular complexity index is 1240. The van der Waals surface area contributed by atoms with Crippen LogP contribution in [0.25, 0.3) is 16.9 Å². The second-order valence-corrected chi connectivity index (χ2v) is 6.74. The van der Waals surface area contributed by atoms with Crippen molar-refractivity contribution in [1.82, 2.24) is 14.5 Å². The summed E-state index contributed by atoms with van der Waals surface area (Å²) in [4.78, 5) is 32.3. The molecular weight excluding hydrogens is 364 g/mol. The number of aryl methyl sites for hydroxylation is 2. The van der Waals surface area contributed by atoms with Crippen LogP contribution in [0, 0.1) is 13.8 Å². The van der Waals surface area contributed by atoms with Crippen LogP contribution in [0.2, 0.25) is 0 Å². The average molecular weight is 384 g/mol. The van der Waals surface area contributed by atoms with E-state index in [1.54, 1.807) is 24.4 Å². The first-order valence-electron chi connectivity index (χ1n) is 9.25. The molecule has 0 saturated carbocycles. The molecule has 2 N–H and O–H groups in total. The summed E-state index contributed by atoms with van der Waals surface area (Å²) in [6, 6.07) is 20.6. The molecule has 0 radical (unpaired) electrons. The van der Waals surface area contributed by atoms with Crippen molar-refractivity contribution in [2.75, 3.05) is 5.32 Å². The second kappa shape index (κ2) is 7.59. The van der Waals surface area contributed by atoms with Gasteiger partial charge < -0.3 is 10.3 Å². The van der Waals surface area contributed by atoms with Crippen LogP contribution in [0.3, 0.4) is 0 Å². The number of carbonyl (C=O) groups is 1. The highest BCUT2D eigenvalue weighted by molar-refractivity contribution is 6.06. The molecule has 4 aromatic rings. The number of para-hydroxylation sites is 2. The number of benzene rings is 2. The fraction of sp³-hybridized carbons (Fsp3) is 0.0870. The van der Waals surface area contributed by atoms with E-state index in [9.17, 15) is 9.59 Å². The van der Waals surface area contributed by atoms with E-state index in [0.29, 0.717) is 22.6 Å². The first-order chi connectivity index (χ1) is 14.0. The Balaban J connectivity index is 1.65. The summed E-state index contributed by atoms with van der Waals surface area (Å²) in [5.74, 6) is -0.275. The number of anilines is 1. The Hall–Kier alpha value is -3.93. The van der Waals surface area contributed by atoms with Crippen LogP contribution in [0.1, 0.15) is 21.7 Å². The Kier molecular flexibility index (Phi) is 4.83. The lowest BCUT2D eigenvalue weighted by molar-refractivity contribution is 0.102. The van der Waals surface area contributed by atoms with Gasteiger partial charge in [-0.25, -0.2) is 4.79 Å². The number of rotatable bonds is 4. The highest BCUT2D eigenvalue weighted by Crippen LogP contribution is 2.23. The molecule has 2 aromatic heterocycles. The Morgan fingerprint density at radius 3 is 2.38 bits per heavy atom. The molecule has 0 saturated heterocycles. The molecule has 4 rings (SSSR count). The first kappa shape index (κ1) is 18.4. The van der Waals surface area contributed by atoms with Crippen molar-refractivity contribution in [2.24, 2.45) is 0 Å². The third kappa shape index (κ3) is 3.60. The van der Waals surface area contributed by atoms with Gasteiger partial charge in [-0.05, 0) is 38.1 Å². The van der Waals surface area contributed by atoms with Gasteiger partial charge >= 0.3 is 5.69 Å². The number of hydrogen-bond acceptors (Lipinski definition) is 3. The molecular formula is C23H20N4O2. The average Bonchev–Trinajstić information content (AvgIpc) is 3.07.